The van der Waals surface area contributed by atoms with Crippen molar-refractivity contribution in [3.63, 3.8) is 0 Å². The number of carboxylic acids is 4. The Balaban J connectivity index is -0.0000000250. The zero-order chi connectivity index (χ0) is 10.3. The van der Waals surface area contributed by atoms with Crippen molar-refractivity contribution in [1.29, 1.82) is 0 Å². The normalized spacial score (nSPS) is 5.50. The van der Waals surface area contributed by atoms with Crippen LogP contribution in [-0.2, 0) is 40.2 Å². The molecule has 0 aromatic carbocycles. The van der Waals surface area contributed by atoms with Gasteiger partial charge in [0, 0.05) is 21.1 Å². The summed E-state index contributed by atoms with van der Waals surface area (Å²) in [5.41, 5.74) is 0. The van der Waals surface area contributed by atoms with Crippen LogP contribution in [0.15, 0.2) is 0 Å². The number of hydrogen-bond donors (Lipinski definition) is 2. The Labute approximate surface area is 188 Å². The predicted molar refractivity (Wildman–Crippen MR) is 28.9 cm³/mol. The van der Waals surface area contributed by atoms with Crippen molar-refractivity contribution in [3.8, 4) is 0 Å². The molecule has 12 heteroatoms. The maximum atomic E-state index is 9.04. The van der Waals surface area contributed by atoms with E-state index in [1.54, 1.807) is 0 Å². The second-order valence-corrected chi connectivity index (χ2v) is 1.19. The molecule has 0 spiro atoms. The molecule has 0 aromatic rings. The van der Waals surface area contributed by atoms with Crippen molar-refractivity contribution in [2.75, 3.05) is 0 Å². The maximum absolute atomic E-state index is 9.04. The van der Waals surface area contributed by atoms with E-state index in [1.807, 2.05) is 0 Å². The molecule has 0 unspecified atom stereocenters. The molecule has 4 N–H and O–H groups in total. The third kappa shape index (κ3) is 36.0. The van der Waals surface area contributed by atoms with Gasteiger partial charge in [-0.1, -0.05) is 0 Å². The smallest absolute Gasteiger partial charge is 0.539 e. The average molecular weight is 469 g/mol. The molecule has 0 saturated carbocycles. The number of aliphatic carboxylic acids is 4. The fourth-order valence-electron chi connectivity index (χ4n) is 0. The largest absolute Gasteiger partial charge is 1.00 e. The Kier molecular flexibility index (Phi) is 49.7. The van der Waals surface area contributed by atoms with Crippen molar-refractivity contribution >= 4 is 23.9 Å². The van der Waals surface area contributed by atoms with Crippen LogP contribution in [0, 0.1) is 0 Å². The number of hydrogen-bond acceptors (Lipinski definition) is 6. The van der Waals surface area contributed by atoms with Crippen LogP contribution in [0.5, 0.6) is 0 Å². The van der Waals surface area contributed by atoms with Gasteiger partial charge in [-0.2, -0.15) is 0 Å². The van der Waals surface area contributed by atoms with Crippen LogP contribution >= 0.6 is 0 Å². The summed E-state index contributed by atoms with van der Waals surface area (Å²) in [4.78, 5) is 36.1. The number of rotatable bonds is 0. The summed E-state index contributed by atoms with van der Waals surface area (Å²) in [5.74, 6) is -8.02. The van der Waals surface area contributed by atoms with E-state index in [2.05, 4.69) is 0 Å². The summed E-state index contributed by atoms with van der Waals surface area (Å²) in [6, 6.07) is 0. The van der Waals surface area contributed by atoms with Crippen molar-refractivity contribution < 1.29 is 169 Å². The maximum Gasteiger partial charge on any atom is 1.00 e. The van der Waals surface area contributed by atoms with Gasteiger partial charge in [0.15, 0.2) is 11.9 Å². The van der Waals surface area contributed by atoms with Crippen molar-refractivity contribution in [2.45, 2.75) is 0 Å². The molecule has 0 aliphatic heterocycles. The van der Waals surface area contributed by atoms with E-state index in [9.17, 15) is 0 Å². The Morgan fingerprint density at radius 3 is 0.812 bits per heavy atom. The van der Waals surface area contributed by atoms with Crippen LogP contribution in [0.25, 0.3) is 0 Å². The molecule has 0 aliphatic carbocycles. The quantitative estimate of drug-likeness (QED) is 0.258. The average Bonchev–Trinajstić information content (AvgIpc) is 1.88. The minimum Gasteiger partial charge on any atom is -0.539 e. The summed E-state index contributed by atoms with van der Waals surface area (Å²) >= 11 is 0. The Morgan fingerprint density at radius 1 is 0.750 bits per heavy atom. The van der Waals surface area contributed by atoms with Crippen LogP contribution < -0.4 is 113 Å². The first-order chi connectivity index (χ1) is 5.29. The topological polar surface area (TPSA) is 186 Å². The molecular formula is C4H4K2O9Pt. The molecule has 0 atom stereocenters. The SMILES string of the molecule is O.O=C([O-])C(=O)O.O=C([O-])C(=O)O.[K+].[K+].[Pt]. The second kappa shape index (κ2) is 22.0. The molecule has 16 heavy (non-hydrogen) atoms. The summed E-state index contributed by atoms with van der Waals surface area (Å²) < 4.78 is 0. The van der Waals surface area contributed by atoms with E-state index in [-0.39, 0.29) is 129 Å². The summed E-state index contributed by atoms with van der Waals surface area (Å²) in [6.07, 6.45) is 0. The first kappa shape index (κ1) is 36.1. The molecular weight excluding hydrogens is 465 g/mol. The van der Waals surface area contributed by atoms with E-state index in [0.717, 1.165) is 0 Å². The van der Waals surface area contributed by atoms with E-state index in [1.165, 1.54) is 0 Å². The van der Waals surface area contributed by atoms with Gasteiger partial charge in [-0.15, -0.1) is 0 Å². The van der Waals surface area contributed by atoms with Gasteiger partial charge in [-0.05, 0) is 0 Å². The number of carbonyl (C=O) groups excluding carboxylic acids is 2. The fraction of sp³-hybridized carbons (Fsp3) is 0. The first-order valence-corrected chi connectivity index (χ1v) is 2.17. The van der Waals surface area contributed by atoms with Gasteiger partial charge >= 0.3 is 115 Å². The zero-order valence-corrected chi connectivity index (χ0v) is 16.7. The van der Waals surface area contributed by atoms with Gasteiger partial charge in [0.1, 0.15) is 0 Å². The molecule has 0 radical (unpaired) electrons. The van der Waals surface area contributed by atoms with Crippen molar-refractivity contribution in [1.82, 2.24) is 0 Å². The van der Waals surface area contributed by atoms with E-state index in [0.29, 0.717) is 0 Å². The van der Waals surface area contributed by atoms with Crippen LogP contribution in [0.1, 0.15) is 0 Å². The van der Waals surface area contributed by atoms with Gasteiger partial charge in [0.25, 0.3) is 0 Å². The molecule has 0 rings (SSSR count). The summed E-state index contributed by atoms with van der Waals surface area (Å²) in [5, 5.41) is 32.6. The minimum absolute atomic E-state index is 0. The second-order valence-electron chi connectivity index (χ2n) is 1.19. The van der Waals surface area contributed by atoms with E-state index in [4.69, 9.17) is 39.6 Å². The van der Waals surface area contributed by atoms with Crippen LogP contribution in [0.3, 0.4) is 0 Å². The van der Waals surface area contributed by atoms with E-state index < -0.39 is 23.9 Å². The number of carbonyl (C=O) groups is 4. The van der Waals surface area contributed by atoms with Crippen LogP contribution in [0.2, 0.25) is 0 Å². The Morgan fingerprint density at radius 2 is 0.812 bits per heavy atom. The van der Waals surface area contributed by atoms with E-state index >= 15 is 0 Å². The van der Waals surface area contributed by atoms with Gasteiger partial charge in [-0.25, -0.2) is 9.59 Å². The van der Waals surface area contributed by atoms with Gasteiger partial charge in [-0.3, -0.25) is 0 Å². The molecule has 0 saturated heterocycles. The molecule has 0 fully saturated rings. The Bertz CT molecular complexity index is 182. The zero-order valence-electron chi connectivity index (χ0n) is 8.16. The third-order valence-electron chi connectivity index (χ3n) is 0.349. The molecule has 0 heterocycles. The predicted octanol–water partition coefficient (Wildman–Crippen LogP) is -11.2. The van der Waals surface area contributed by atoms with Gasteiger partial charge < -0.3 is 35.5 Å². The van der Waals surface area contributed by atoms with Crippen molar-refractivity contribution in [2.24, 2.45) is 0 Å². The molecule has 0 aromatic heterocycles. The fourth-order valence-corrected chi connectivity index (χ4v) is 0. The Hall–Kier alpha value is 1.80. The molecule has 0 amide bonds. The van der Waals surface area contributed by atoms with Crippen molar-refractivity contribution in [3.05, 3.63) is 0 Å². The summed E-state index contributed by atoms with van der Waals surface area (Å²) in [7, 11) is 0. The molecule has 0 bridgehead atoms. The molecule has 86 valence electrons. The minimum atomic E-state index is -2.07. The monoisotopic (exact) mass is 469 g/mol. The third-order valence-corrected chi connectivity index (χ3v) is 0.349. The molecule has 9 nitrogen and oxygen atoms in total. The standard InChI is InChI=1S/2C2H2O4.2K.H2O.Pt/c2*3-1(4)2(5)6;;;;/h2*(H,3,4)(H,5,6);;;1H2;/q;;2*+1;;/p-2. The van der Waals surface area contributed by atoms with Gasteiger partial charge in [0.2, 0.25) is 0 Å². The molecule has 0 aliphatic rings. The number of carboxylic acid groups (broad SMARTS) is 4. The van der Waals surface area contributed by atoms with Crippen LogP contribution in [-0.4, -0.2) is 39.6 Å². The first-order valence-electron chi connectivity index (χ1n) is 2.17. The van der Waals surface area contributed by atoms with Gasteiger partial charge in [0.05, 0.1) is 0 Å². The van der Waals surface area contributed by atoms with Crippen LogP contribution in [0.4, 0.5) is 0 Å². The summed E-state index contributed by atoms with van der Waals surface area (Å²) in [6.45, 7) is 0.